The Balaban J connectivity index is 1.58. The van der Waals surface area contributed by atoms with Crippen LogP contribution in [0, 0.1) is 12.8 Å². The van der Waals surface area contributed by atoms with E-state index in [9.17, 15) is 4.79 Å². The molecule has 2 aromatic rings. The molecule has 8 heteroatoms. The highest BCUT2D eigenvalue weighted by Crippen LogP contribution is 2.29. The van der Waals surface area contributed by atoms with Gasteiger partial charge in [-0.25, -0.2) is 4.98 Å². The molecule has 2 aromatic heterocycles. The highest BCUT2D eigenvalue weighted by Gasteiger charge is 2.27. The number of fused-ring (bicyclic) bond motifs is 1. The lowest BCUT2D eigenvalue weighted by Crippen LogP contribution is -2.41. The number of carbonyl (C=O) groups is 1. The van der Waals surface area contributed by atoms with Crippen LogP contribution in [0.25, 0.3) is 11.1 Å². The van der Waals surface area contributed by atoms with Gasteiger partial charge in [0.15, 0.2) is 0 Å². The van der Waals surface area contributed by atoms with Crippen molar-refractivity contribution in [2.24, 2.45) is 5.92 Å². The van der Waals surface area contributed by atoms with E-state index in [1.165, 1.54) is 6.33 Å². The number of anilines is 1. The van der Waals surface area contributed by atoms with E-state index in [1.54, 1.807) is 7.11 Å². The molecule has 0 aliphatic carbocycles. The maximum atomic E-state index is 12.2. The van der Waals surface area contributed by atoms with Crippen molar-refractivity contribution >= 4 is 22.8 Å². The van der Waals surface area contributed by atoms with Crippen molar-refractivity contribution in [2.45, 2.75) is 26.2 Å². The van der Waals surface area contributed by atoms with E-state index in [1.807, 2.05) is 6.92 Å². The molecule has 0 bridgehead atoms. The number of nitrogens with one attached hydrogen (secondary N) is 1. The smallest absolute Gasteiger partial charge is 0.263 e. The Labute approximate surface area is 140 Å². The van der Waals surface area contributed by atoms with Gasteiger partial charge in [-0.15, -0.1) is 0 Å². The Morgan fingerprint density at radius 1 is 1.42 bits per heavy atom. The molecule has 0 spiro atoms. The van der Waals surface area contributed by atoms with Crippen LogP contribution in [0.4, 0.5) is 5.82 Å². The summed E-state index contributed by atoms with van der Waals surface area (Å²) in [6.45, 7) is 4.79. The molecule has 0 aromatic carbocycles. The summed E-state index contributed by atoms with van der Waals surface area (Å²) in [4.78, 5) is 22.9. The summed E-state index contributed by atoms with van der Waals surface area (Å²) in [6.07, 6.45) is 3.96. The van der Waals surface area contributed by atoms with Crippen LogP contribution in [0.2, 0.25) is 0 Å². The SMILES string of the molecule is COCCCNC(=O)C1CCN(c2ncnc3onc(C)c23)CC1. The third kappa shape index (κ3) is 3.48. The first kappa shape index (κ1) is 16.6. The lowest BCUT2D eigenvalue weighted by Gasteiger charge is -2.32. The van der Waals surface area contributed by atoms with Crippen LogP contribution in [0.15, 0.2) is 10.9 Å². The molecular formula is C16H23N5O3. The van der Waals surface area contributed by atoms with Crippen LogP contribution in [-0.4, -0.2) is 54.4 Å². The first-order valence-electron chi connectivity index (χ1n) is 8.29. The minimum Gasteiger partial charge on any atom is -0.385 e. The highest BCUT2D eigenvalue weighted by molar-refractivity contribution is 5.88. The molecule has 3 heterocycles. The Morgan fingerprint density at radius 3 is 2.96 bits per heavy atom. The van der Waals surface area contributed by atoms with Crippen molar-refractivity contribution < 1.29 is 14.1 Å². The van der Waals surface area contributed by atoms with Crippen LogP contribution in [0.5, 0.6) is 0 Å². The molecule has 0 radical (unpaired) electrons. The zero-order chi connectivity index (χ0) is 16.9. The Bertz CT molecular complexity index is 694. The molecule has 1 aliphatic rings. The van der Waals surface area contributed by atoms with E-state index in [2.05, 4.69) is 25.3 Å². The average molecular weight is 333 g/mol. The third-order valence-electron chi connectivity index (χ3n) is 4.41. The molecule has 130 valence electrons. The largest absolute Gasteiger partial charge is 0.385 e. The predicted octanol–water partition coefficient (Wildman–Crippen LogP) is 1.30. The summed E-state index contributed by atoms with van der Waals surface area (Å²) in [7, 11) is 1.67. The molecule has 0 unspecified atom stereocenters. The third-order valence-corrected chi connectivity index (χ3v) is 4.41. The van der Waals surface area contributed by atoms with Gasteiger partial charge in [-0.05, 0) is 26.2 Å². The summed E-state index contributed by atoms with van der Waals surface area (Å²) in [6, 6.07) is 0. The van der Waals surface area contributed by atoms with Gasteiger partial charge in [-0.1, -0.05) is 5.16 Å². The topological polar surface area (TPSA) is 93.4 Å². The van der Waals surface area contributed by atoms with Crippen LogP contribution in [-0.2, 0) is 9.53 Å². The standard InChI is InChI=1S/C16H23N5O3/c1-11-13-14(18-10-19-16(13)24-20-11)21-7-4-12(5-8-21)15(22)17-6-3-9-23-2/h10,12H,3-9H2,1-2H3,(H,17,22). The van der Waals surface area contributed by atoms with Gasteiger partial charge in [0.2, 0.25) is 5.91 Å². The fraction of sp³-hybridized carbons (Fsp3) is 0.625. The number of piperidine rings is 1. The lowest BCUT2D eigenvalue weighted by atomic mass is 9.95. The zero-order valence-electron chi connectivity index (χ0n) is 14.1. The lowest BCUT2D eigenvalue weighted by molar-refractivity contribution is -0.125. The van der Waals surface area contributed by atoms with E-state index in [0.29, 0.717) is 18.9 Å². The van der Waals surface area contributed by atoms with Crippen molar-refractivity contribution in [2.75, 3.05) is 38.3 Å². The first-order valence-corrected chi connectivity index (χ1v) is 8.29. The van der Waals surface area contributed by atoms with Crippen molar-refractivity contribution in [3.05, 3.63) is 12.0 Å². The molecule has 1 saturated heterocycles. The van der Waals surface area contributed by atoms with Crippen LogP contribution < -0.4 is 10.2 Å². The number of aryl methyl sites for hydroxylation is 1. The molecule has 1 aliphatic heterocycles. The minimum atomic E-state index is 0.0599. The van der Waals surface area contributed by atoms with E-state index in [0.717, 1.165) is 49.2 Å². The van der Waals surface area contributed by atoms with Gasteiger partial charge in [0.1, 0.15) is 17.5 Å². The zero-order valence-corrected chi connectivity index (χ0v) is 14.1. The van der Waals surface area contributed by atoms with E-state index in [-0.39, 0.29) is 11.8 Å². The van der Waals surface area contributed by atoms with Gasteiger partial charge in [-0.2, -0.15) is 4.98 Å². The Hall–Kier alpha value is -2.22. The molecule has 1 amide bonds. The summed E-state index contributed by atoms with van der Waals surface area (Å²) in [5, 5.41) is 7.81. The van der Waals surface area contributed by atoms with Gasteiger partial charge in [-0.3, -0.25) is 4.79 Å². The quantitative estimate of drug-likeness (QED) is 0.796. The van der Waals surface area contributed by atoms with Crippen LogP contribution in [0.1, 0.15) is 25.0 Å². The maximum Gasteiger partial charge on any atom is 0.263 e. The number of aromatic nitrogens is 3. The summed E-state index contributed by atoms with van der Waals surface area (Å²) < 4.78 is 10.2. The number of methoxy groups -OCH3 is 1. The second-order valence-corrected chi connectivity index (χ2v) is 6.04. The monoisotopic (exact) mass is 333 g/mol. The minimum absolute atomic E-state index is 0.0599. The van der Waals surface area contributed by atoms with Gasteiger partial charge in [0, 0.05) is 39.3 Å². The van der Waals surface area contributed by atoms with E-state index >= 15 is 0 Å². The first-order chi connectivity index (χ1) is 11.7. The van der Waals surface area contributed by atoms with Gasteiger partial charge in [0.05, 0.1) is 5.69 Å². The van der Waals surface area contributed by atoms with Crippen molar-refractivity contribution in [3.8, 4) is 0 Å². The second-order valence-electron chi connectivity index (χ2n) is 6.04. The number of carbonyl (C=O) groups excluding carboxylic acids is 1. The second kappa shape index (κ2) is 7.57. The van der Waals surface area contributed by atoms with E-state index < -0.39 is 0 Å². The molecular weight excluding hydrogens is 310 g/mol. The maximum absolute atomic E-state index is 12.2. The van der Waals surface area contributed by atoms with Gasteiger partial charge < -0.3 is 19.5 Å². The fourth-order valence-corrected chi connectivity index (χ4v) is 3.07. The van der Waals surface area contributed by atoms with Crippen molar-refractivity contribution in [1.29, 1.82) is 0 Å². The molecule has 1 N–H and O–H groups in total. The van der Waals surface area contributed by atoms with Crippen molar-refractivity contribution in [1.82, 2.24) is 20.4 Å². The van der Waals surface area contributed by atoms with Crippen LogP contribution >= 0.6 is 0 Å². The fourth-order valence-electron chi connectivity index (χ4n) is 3.07. The molecule has 8 nitrogen and oxygen atoms in total. The van der Waals surface area contributed by atoms with Crippen LogP contribution in [0.3, 0.4) is 0 Å². The molecule has 0 atom stereocenters. The van der Waals surface area contributed by atoms with Gasteiger partial charge in [0.25, 0.3) is 5.71 Å². The van der Waals surface area contributed by atoms with Crippen molar-refractivity contribution in [3.63, 3.8) is 0 Å². The number of nitrogens with zero attached hydrogens (tertiary/aromatic N) is 4. The molecule has 0 saturated carbocycles. The van der Waals surface area contributed by atoms with Gasteiger partial charge >= 0.3 is 0 Å². The molecule has 1 fully saturated rings. The Kier molecular flexibility index (Phi) is 5.24. The predicted molar refractivity (Wildman–Crippen MR) is 88.8 cm³/mol. The number of rotatable bonds is 6. The highest BCUT2D eigenvalue weighted by atomic mass is 16.5. The number of hydrogen-bond acceptors (Lipinski definition) is 7. The number of ether oxygens (including phenoxy) is 1. The van der Waals surface area contributed by atoms with E-state index in [4.69, 9.17) is 9.26 Å². The summed E-state index contributed by atoms with van der Waals surface area (Å²) in [5.74, 6) is 1.04. The average Bonchev–Trinajstić information content (AvgIpc) is 3.00. The molecule has 24 heavy (non-hydrogen) atoms. The summed E-state index contributed by atoms with van der Waals surface area (Å²) in [5.41, 5.74) is 1.30. The summed E-state index contributed by atoms with van der Waals surface area (Å²) >= 11 is 0. The number of amides is 1. The molecule has 3 rings (SSSR count). The number of hydrogen-bond donors (Lipinski definition) is 1. The normalized spacial score (nSPS) is 15.8. The Morgan fingerprint density at radius 2 is 2.21 bits per heavy atom.